The molecule has 0 atom stereocenters. The summed E-state index contributed by atoms with van der Waals surface area (Å²) in [5.41, 5.74) is 1.91. The normalized spacial score (nSPS) is 10.0. The molecule has 0 N–H and O–H groups in total. The van der Waals surface area contributed by atoms with Crippen LogP contribution in [0.5, 0.6) is 5.88 Å². The molecule has 0 saturated carbocycles. The summed E-state index contributed by atoms with van der Waals surface area (Å²) in [4.78, 5) is 8.12. The van der Waals surface area contributed by atoms with Gasteiger partial charge in [-0.15, -0.1) is 0 Å². The highest BCUT2D eigenvalue weighted by Gasteiger charge is 2.00. The maximum Gasteiger partial charge on any atom is 0.212 e. The van der Waals surface area contributed by atoms with Crippen LogP contribution in [0.2, 0.25) is 5.02 Å². The van der Waals surface area contributed by atoms with Gasteiger partial charge >= 0.3 is 0 Å². The lowest BCUT2D eigenvalue weighted by Gasteiger charge is -2.02. The fraction of sp³-hybridized carbons (Fsp3) is 0.0909. The van der Waals surface area contributed by atoms with Crippen LogP contribution >= 0.6 is 11.6 Å². The number of hydrogen-bond donors (Lipinski definition) is 0. The van der Waals surface area contributed by atoms with E-state index < -0.39 is 0 Å². The van der Waals surface area contributed by atoms with Crippen LogP contribution in [0, 0.1) is 0 Å². The smallest absolute Gasteiger partial charge is 0.212 e. The third kappa shape index (κ3) is 2.25. The van der Waals surface area contributed by atoms with Crippen LogP contribution in [0.25, 0.3) is 11.1 Å². The second-order valence-electron chi connectivity index (χ2n) is 2.98. The summed E-state index contributed by atoms with van der Waals surface area (Å²) in [5, 5.41) is 0.614. The van der Waals surface area contributed by atoms with Crippen molar-refractivity contribution in [1.82, 2.24) is 9.97 Å². The Morgan fingerprint density at radius 1 is 1.13 bits per heavy atom. The third-order valence-corrected chi connectivity index (χ3v) is 2.19. The number of halogens is 1. The average Bonchev–Trinajstić information content (AvgIpc) is 2.29. The van der Waals surface area contributed by atoms with Gasteiger partial charge < -0.3 is 4.74 Å². The molecule has 76 valence electrons. The van der Waals surface area contributed by atoms with Crippen LogP contribution < -0.4 is 4.74 Å². The van der Waals surface area contributed by atoms with E-state index in [1.807, 2.05) is 12.1 Å². The van der Waals surface area contributed by atoms with Gasteiger partial charge in [0.05, 0.1) is 12.1 Å². The van der Waals surface area contributed by atoms with Crippen LogP contribution in [-0.4, -0.2) is 17.1 Å². The summed E-state index contributed by atoms with van der Waals surface area (Å²) < 4.78 is 4.98. The number of rotatable bonds is 2. The first kappa shape index (κ1) is 9.93. The quantitative estimate of drug-likeness (QED) is 0.781. The molecule has 0 aromatic carbocycles. The van der Waals surface area contributed by atoms with E-state index in [4.69, 9.17) is 16.3 Å². The maximum atomic E-state index is 5.85. The number of pyridine rings is 2. The zero-order chi connectivity index (χ0) is 10.7. The maximum absolute atomic E-state index is 5.85. The highest BCUT2D eigenvalue weighted by Crippen LogP contribution is 2.21. The molecule has 2 aromatic heterocycles. The van der Waals surface area contributed by atoms with Gasteiger partial charge in [-0.3, -0.25) is 4.98 Å². The van der Waals surface area contributed by atoms with E-state index in [-0.39, 0.29) is 0 Å². The molecule has 4 heteroatoms. The molecule has 0 amide bonds. The van der Waals surface area contributed by atoms with Crippen molar-refractivity contribution in [2.75, 3.05) is 7.11 Å². The number of methoxy groups -OCH3 is 1. The molecule has 0 spiro atoms. The van der Waals surface area contributed by atoms with Gasteiger partial charge in [-0.1, -0.05) is 11.6 Å². The molecule has 2 heterocycles. The minimum Gasteiger partial charge on any atom is -0.481 e. The monoisotopic (exact) mass is 220 g/mol. The lowest BCUT2D eigenvalue weighted by molar-refractivity contribution is 0.398. The highest BCUT2D eigenvalue weighted by molar-refractivity contribution is 6.30. The lowest BCUT2D eigenvalue weighted by Crippen LogP contribution is -1.87. The number of hydrogen-bond acceptors (Lipinski definition) is 3. The standard InChI is InChI=1S/C11H9ClN2O/c1-15-11-3-2-8(6-14-11)9-4-10(12)7-13-5-9/h2-7H,1H3. The van der Waals surface area contributed by atoms with Crippen molar-refractivity contribution in [2.45, 2.75) is 0 Å². The van der Waals surface area contributed by atoms with E-state index in [9.17, 15) is 0 Å². The van der Waals surface area contributed by atoms with Crippen molar-refractivity contribution < 1.29 is 4.74 Å². The van der Waals surface area contributed by atoms with Crippen LogP contribution in [0.4, 0.5) is 0 Å². The summed E-state index contributed by atoms with van der Waals surface area (Å²) in [6.07, 6.45) is 5.07. The zero-order valence-corrected chi connectivity index (χ0v) is 8.90. The Morgan fingerprint density at radius 2 is 2.00 bits per heavy atom. The van der Waals surface area contributed by atoms with E-state index in [2.05, 4.69) is 9.97 Å². The molecule has 0 aliphatic heterocycles. The molecule has 0 aliphatic rings. The van der Waals surface area contributed by atoms with Crippen LogP contribution in [0.1, 0.15) is 0 Å². The van der Waals surface area contributed by atoms with Crippen molar-refractivity contribution in [2.24, 2.45) is 0 Å². The van der Waals surface area contributed by atoms with E-state index >= 15 is 0 Å². The first-order valence-corrected chi connectivity index (χ1v) is 4.78. The Hall–Kier alpha value is -1.61. The molecule has 0 aliphatic carbocycles. The van der Waals surface area contributed by atoms with Gasteiger partial charge in [0, 0.05) is 35.8 Å². The molecule has 2 aromatic rings. The molecule has 0 saturated heterocycles. The average molecular weight is 221 g/mol. The Kier molecular flexibility index (Phi) is 2.83. The fourth-order valence-electron chi connectivity index (χ4n) is 1.24. The predicted molar refractivity (Wildman–Crippen MR) is 59.0 cm³/mol. The SMILES string of the molecule is COc1ccc(-c2cncc(Cl)c2)cn1. The van der Waals surface area contributed by atoms with Gasteiger partial charge in [-0.2, -0.15) is 0 Å². The van der Waals surface area contributed by atoms with Gasteiger partial charge in [0.15, 0.2) is 0 Å². The summed E-state index contributed by atoms with van der Waals surface area (Å²) in [5.74, 6) is 0.591. The largest absolute Gasteiger partial charge is 0.481 e. The summed E-state index contributed by atoms with van der Waals surface area (Å²) in [6.45, 7) is 0. The second kappa shape index (κ2) is 4.28. The van der Waals surface area contributed by atoms with Crippen LogP contribution in [0.15, 0.2) is 36.8 Å². The molecule has 0 fully saturated rings. The first-order valence-electron chi connectivity index (χ1n) is 4.40. The van der Waals surface area contributed by atoms with Crippen molar-refractivity contribution in [3.63, 3.8) is 0 Å². The second-order valence-corrected chi connectivity index (χ2v) is 3.42. The molecule has 0 radical (unpaired) electrons. The lowest BCUT2D eigenvalue weighted by atomic mass is 10.1. The van der Waals surface area contributed by atoms with Crippen molar-refractivity contribution in [1.29, 1.82) is 0 Å². The third-order valence-electron chi connectivity index (χ3n) is 1.98. The predicted octanol–water partition coefficient (Wildman–Crippen LogP) is 2.81. The Bertz CT molecular complexity index is 456. The van der Waals surface area contributed by atoms with E-state index in [1.165, 1.54) is 0 Å². The zero-order valence-electron chi connectivity index (χ0n) is 8.14. The van der Waals surface area contributed by atoms with Crippen LogP contribution in [0.3, 0.4) is 0 Å². The molecular formula is C11H9ClN2O. The van der Waals surface area contributed by atoms with E-state index in [1.54, 1.807) is 31.8 Å². The van der Waals surface area contributed by atoms with E-state index in [0.29, 0.717) is 10.9 Å². The first-order chi connectivity index (χ1) is 7.29. The Morgan fingerprint density at radius 3 is 2.60 bits per heavy atom. The Labute approximate surface area is 92.7 Å². The summed E-state index contributed by atoms with van der Waals surface area (Å²) in [7, 11) is 1.59. The minimum atomic E-state index is 0.591. The molecule has 3 nitrogen and oxygen atoms in total. The molecular weight excluding hydrogens is 212 g/mol. The highest BCUT2D eigenvalue weighted by atomic mass is 35.5. The Balaban J connectivity index is 2.37. The molecule has 0 unspecified atom stereocenters. The number of aromatic nitrogens is 2. The molecule has 2 rings (SSSR count). The number of nitrogens with zero attached hydrogens (tertiary/aromatic N) is 2. The van der Waals surface area contributed by atoms with Gasteiger partial charge in [0.2, 0.25) is 5.88 Å². The van der Waals surface area contributed by atoms with E-state index in [0.717, 1.165) is 11.1 Å². The van der Waals surface area contributed by atoms with Gasteiger partial charge in [-0.25, -0.2) is 4.98 Å². The topological polar surface area (TPSA) is 35.0 Å². The van der Waals surface area contributed by atoms with Crippen molar-refractivity contribution >= 4 is 11.6 Å². The van der Waals surface area contributed by atoms with Crippen LogP contribution in [-0.2, 0) is 0 Å². The van der Waals surface area contributed by atoms with Gasteiger partial charge in [0.1, 0.15) is 0 Å². The van der Waals surface area contributed by atoms with Crippen molar-refractivity contribution in [3.05, 3.63) is 41.8 Å². The summed E-state index contributed by atoms with van der Waals surface area (Å²) >= 11 is 5.85. The summed E-state index contributed by atoms with van der Waals surface area (Å²) in [6, 6.07) is 5.56. The molecule has 0 bridgehead atoms. The van der Waals surface area contributed by atoms with Crippen molar-refractivity contribution in [3.8, 4) is 17.0 Å². The fourth-order valence-corrected chi connectivity index (χ4v) is 1.42. The molecule has 15 heavy (non-hydrogen) atoms. The minimum absolute atomic E-state index is 0.591. The van der Waals surface area contributed by atoms with Gasteiger partial charge in [-0.05, 0) is 12.1 Å². The van der Waals surface area contributed by atoms with Gasteiger partial charge in [0.25, 0.3) is 0 Å². The number of ether oxygens (including phenoxy) is 1.